The van der Waals surface area contributed by atoms with E-state index in [1.807, 2.05) is 0 Å². The number of nitrogens with zero attached hydrogens (tertiary/aromatic N) is 1. The fourth-order valence-corrected chi connectivity index (χ4v) is 2.87. The molecule has 1 heterocycles. The van der Waals surface area contributed by atoms with Gasteiger partial charge in [0.2, 0.25) is 0 Å². The van der Waals surface area contributed by atoms with Gasteiger partial charge in [0.15, 0.2) is 16.6 Å². The standard InChI is InChI=1S/C12H18N2O4S2/c1-4-18-11(16)9-10(8(2)15)19-12(14-9)13-6-5-7-20(3)17/h4-7H2,1-3H3,(H,13,14). The minimum Gasteiger partial charge on any atom is -0.461 e. The Hall–Kier alpha value is -1.28. The van der Waals surface area contributed by atoms with Crippen LogP contribution in [0.1, 0.15) is 40.4 Å². The van der Waals surface area contributed by atoms with E-state index in [1.54, 1.807) is 13.2 Å². The largest absolute Gasteiger partial charge is 0.461 e. The summed E-state index contributed by atoms with van der Waals surface area (Å²) in [7, 11) is -0.825. The number of ether oxygens (including phenoxy) is 1. The molecule has 1 aromatic rings. The third kappa shape index (κ3) is 5.01. The highest BCUT2D eigenvalue weighted by molar-refractivity contribution is 7.84. The molecule has 1 unspecified atom stereocenters. The van der Waals surface area contributed by atoms with Gasteiger partial charge in [-0.05, 0) is 13.3 Å². The molecule has 112 valence electrons. The van der Waals surface area contributed by atoms with Gasteiger partial charge in [-0.2, -0.15) is 0 Å². The van der Waals surface area contributed by atoms with E-state index in [9.17, 15) is 13.8 Å². The monoisotopic (exact) mass is 318 g/mol. The van der Waals surface area contributed by atoms with Crippen LogP contribution in [0.4, 0.5) is 5.13 Å². The Balaban J connectivity index is 2.73. The second-order valence-corrected chi connectivity index (χ2v) is 6.58. The number of esters is 1. The molecule has 1 aromatic heterocycles. The molecule has 8 heteroatoms. The van der Waals surface area contributed by atoms with E-state index in [1.165, 1.54) is 6.92 Å². The maximum absolute atomic E-state index is 11.7. The number of nitrogens with one attached hydrogen (secondary N) is 1. The van der Waals surface area contributed by atoms with Crippen LogP contribution in [0.5, 0.6) is 0 Å². The lowest BCUT2D eigenvalue weighted by atomic mass is 10.3. The Labute approximate surface area is 124 Å². The summed E-state index contributed by atoms with van der Waals surface area (Å²) in [5.41, 5.74) is 0.0610. The summed E-state index contributed by atoms with van der Waals surface area (Å²) in [6.45, 7) is 3.91. The van der Waals surface area contributed by atoms with Crippen molar-refractivity contribution < 1.29 is 18.5 Å². The maximum Gasteiger partial charge on any atom is 0.358 e. The van der Waals surface area contributed by atoms with Crippen molar-refractivity contribution >= 4 is 39.0 Å². The molecule has 0 amide bonds. The zero-order valence-corrected chi connectivity index (χ0v) is 13.4. The Morgan fingerprint density at radius 1 is 1.45 bits per heavy atom. The van der Waals surface area contributed by atoms with Gasteiger partial charge in [0.1, 0.15) is 4.88 Å². The lowest BCUT2D eigenvalue weighted by Crippen LogP contribution is -2.10. The van der Waals surface area contributed by atoms with Crippen molar-refractivity contribution in [3.8, 4) is 0 Å². The summed E-state index contributed by atoms with van der Waals surface area (Å²) in [5.74, 6) is -0.201. The second-order valence-electron chi connectivity index (χ2n) is 4.03. The minimum atomic E-state index is -0.825. The molecule has 1 atom stereocenters. The highest BCUT2D eigenvalue weighted by Gasteiger charge is 2.22. The van der Waals surface area contributed by atoms with Crippen molar-refractivity contribution in [2.75, 3.05) is 30.5 Å². The summed E-state index contributed by atoms with van der Waals surface area (Å²) >= 11 is 1.13. The van der Waals surface area contributed by atoms with E-state index in [0.29, 0.717) is 22.3 Å². The molecule has 0 aliphatic heterocycles. The Bertz CT molecular complexity index is 514. The number of carbonyl (C=O) groups is 2. The third-order valence-corrected chi connectivity index (χ3v) is 4.28. The number of anilines is 1. The summed E-state index contributed by atoms with van der Waals surface area (Å²) in [5, 5.41) is 3.53. The van der Waals surface area contributed by atoms with Crippen molar-refractivity contribution in [1.82, 2.24) is 4.98 Å². The summed E-state index contributed by atoms with van der Waals surface area (Å²) in [6, 6.07) is 0. The van der Waals surface area contributed by atoms with Crippen LogP contribution in [-0.4, -0.2) is 46.1 Å². The number of aromatic nitrogens is 1. The number of thiazole rings is 1. The lowest BCUT2D eigenvalue weighted by molar-refractivity contribution is 0.0517. The summed E-state index contributed by atoms with van der Waals surface area (Å²) in [4.78, 5) is 27.6. The van der Waals surface area contributed by atoms with E-state index in [-0.39, 0.29) is 18.1 Å². The van der Waals surface area contributed by atoms with Gasteiger partial charge in [-0.25, -0.2) is 9.78 Å². The van der Waals surface area contributed by atoms with Gasteiger partial charge in [0.05, 0.1) is 6.61 Å². The van der Waals surface area contributed by atoms with Crippen molar-refractivity contribution in [1.29, 1.82) is 0 Å². The van der Waals surface area contributed by atoms with Crippen molar-refractivity contribution in [2.24, 2.45) is 0 Å². The van der Waals surface area contributed by atoms with Gasteiger partial charge in [-0.1, -0.05) is 11.3 Å². The Kier molecular flexibility index (Phi) is 6.80. The van der Waals surface area contributed by atoms with Crippen LogP contribution in [0, 0.1) is 0 Å². The first-order chi connectivity index (χ1) is 9.45. The average Bonchev–Trinajstić information content (AvgIpc) is 2.79. The Morgan fingerprint density at radius 2 is 2.15 bits per heavy atom. The van der Waals surface area contributed by atoms with Gasteiger partial charge in [0.25, 0.3) is 0 Å². The van der Waals surface area contributed by atoms with Crippen LogP contribution < -0.4 is 5.32 Å². The van der Waals surface area contributed by atoms with Crippen LogP contribution in [-0.2, 0) is 15.5 Å². The van der Waals surface area contributed by atoms with Crippen LogP contribution in [0.15, 0.2) is 0 Å². The molecule has 0 aliphatic rings. The first-order valence-corrected chi connectivity index (χ1v) is 8.72. The van der Waals surface area contributed by atoms with Crippen LogP contribution >= 0.6 is 11.3 Å². The van der Waals surface area contributed by atoms with E-state index in [0.717, 1.165) is 17.8 Å². The number of rotatable bonds is 8. The topological polar surface area (TPSA) is 85.4 Å². The van der Waals surface area contributed by atoms with Crippen molar-refractivity contribution in [3.05, 3.63) is 10.6 Å². The molecule has 0 fully saturated rings. The van der Waals surface area contributed by atoms with Crippen LogP contribution in [0.25, 0.3) is 0 Å². The van der Waals surface area contributed by atoms with Crippen LogP contribution in [0.3, 0.4) is 0 Å². The Morgan fingerprint density at radius 3 is 2.70 bits per heavy atom. The van der Waals surface area contributed by atoms with Gasteiger partial charge in [0, 0.05) is 36.3 Å². The number of Topliss-reactive ketones (excluding diaryl/α,β-unsaturated/α-hetero) is 1. The molecule has 0 aliphatic carbocycles. The molecule has 0 saturated heterocycles. The molecule has 1 N–H and O–H groups in total. The third-order valence-electron chi connectivity index (χ3n) is 2.30. The molecule has 20 heavy (non-hydrogen) atoms. The lowest BCUT2D eigenvalue weighted by Gasteiger charge is -2.00. The summed E-state index contributed by atoms with van der Waals surface area (Å²) < 4.78 is 15.8. The van der Waals surface area contributed by atoms with E-state index in [2.05, 4.69) is 10.3 Å². The smallest absolute Gasteiger partial charge is 0.358 e. The van der Waals surface area contributed by atoms with Gasteiger partial charge in [-0.15, -0.1) is 0 Å². The highest BCUT2D eigenvalue weighted by atomic mass is 32.2. The SMILES string of the molecule is CCOC(=O)c1nc(NCCCS(C)=O)sc1C(C)=O. The molecule has 0 radical (unpaired) electrons. The van der Waals surface area contributed by atoms with Crippen LogP contribution in [0.2, 0.25) is 0 Å². The summed E-state index contributed by atoms with van der Waals surface area (Å²) in [6.07, 6.45) is 2.38. The molecule has 1 rings (SSSR count). The molecule has 6 nitrogen and oxygen atoms in total. The van der Waals surface area contributed by atoms with Crippen molar-refractivity contribution in [3.63, 3.8) is 0 Å². The fraction of sp³-hybridized carbons (Fsp3) is 0.583. The number of ketones is 1. The fourth-order valence-electron chi connectivity index (χ4n) is 1.44. The van der Waals surface area contributed by atoms with Gasteiger partial charge in [-0.3, -0.25) is 9.00 Å². The molecule has 0 spiro atoms. The van der Waals surface area contributed by atoms with Gasteiger partial charge < -0.3 is 10.1 Å². The minimum absolute atomic E-state index is 0.0610. The predicted octanol–water partition coefficient (Wildman–Crippen LogP) is 1.70. The highest BCUT2D eigenvalue weighted by Crippen LogP contribution is 2.24. The number of hydrogen-bond donors (Lipinski definition) is 1. The first kappa shape index (κ1) is 16.8. The number of hydrogen-bond acceptors (Lipinski definition) is 7. The zero-order chi connectivity index (χ0) is 15.1. The molecule has 0 saturated carbocycles. The van der Waals surface area contributed by atoms with E-state index < -0.39 is 16.8 Å². The zero-order valence-electron chi connectivity index (χ0n) is 11.7. The molecule has 0 aromatic carbocycles. The molecular formula is C12H18N2O4S2. The van der Waals surface area contributed by atoms with E-state index in [4.69, 9.17) is 4.74 Å². The quantitative estimate of drug-likeness (QED) is 0.446. The average molecular weight is 318 g/mol. The molecular weight excluding hydrogens is 300 g/mol. The van der Waals surface area contributed by atoms with Crippen molar-refractivity contribution in [2.45, 2.75) is 20.3 Å². The number of carbonyl (C=O) groups excluding carboxylic acids is 2. The predicted molar refractivity (Wildman–Crippen MR) is 80.1 cm³/mol. The molecule has 0 bridgehead atoms. The normalized spacial score (nSPS) is 11.9. The van der Waals surface area contributed by atoms with E-state index >= 15 is 0 Å². The second kappa shape index (κ2) is 8.11. The maximum atomic E-state index is 11.7. The first-order valence-electron chi connectivity index (χ1n) is 6.18. The van der Waals surface area contributed by atoms with Gasteiger partial charge >= 0.3 is 5.97 Å².